The summed E-state index contributed by atoms with van der Waals surface area (Å²) in [7, 11) is 0. The second-order valence-electron chi connectivity index (χ2n) is 7.53. The Hall–Kier alpha value is -3.09. The summed E-state index contributed by atoms with van der Waals surface area (Å²) >= 11 is 0. The van der Waals surface area contributed by atoms with Crippen molar-refractivity contribution >= 4 is 10.9 Å². The van der Waals surface area contributed by atoms with E-state index >= 15 is 0 Å². The standard InChI is InChI=1S/C25H23F3N2O/c26-25(27,28)20-10-6-9-19(13-20)14-29-23(17-31)22-16-30(15-18-7-2-1-3-8-18)24-12-5-4-11-21(22)24/h1-13,16,23,29,31H,14-15,17H2. The average molecular weight is 424 g/mol. The minimum absolute atomic E-state index is 0.168. The molecule has 0 radical (unpaired) electrons. The number of fused-ring (bicyclic) bond motifs is 1. The Labute approximate surface area is 178 Å². The van der Waals surface area contributed by atoms with E-state index in [1.165, 1.54) is 6.07 Å². The molecular formula is C25H23F3N2O. The van der Waals surface area contributed by atoms with E-state index in [1.54, 1.807) is 6.07 Å². The summed E-state index contributed by atoms with van der Waals surface area (Å²) in [6.45, 7) is 0.735. The lowest BCUT2D eigenvalue weighted by Crippen LogP contribution is -2.24. The summed E-state index contributed by atoms with van der Waals surface area (Å²) in [5.41, 5.74) is 2.96. The van der Waals surface area contributed by atoms with Crippen LogP contribution in [0, 0.1) is 0 Å². The van der Waals surface area contributed by atoms with Gasteiger partial charge in [0.15, 0.2) is 0 Å². The first-order chi connectivity index (χ1) is 15.0. The van der Waals surface area contributed by atoms with Gasteiger partial charge in [-0.2, -0.15) is 13.2 Å². The number of hydrogen-bond acceptors (Lipinski definition) is 2. The van der Waals surface area contributed by atoms with Crippen molar-refractivity contribution in [3.8, 4) is 0 Å². The zero-order valence-electron chi connectivity index (χ0n) is 16.8. The SMILES string of the molecule is OCC(NCc1cccc(C(F)(F)F)c1)c1cn(Cc2ccccc2)c2ccccc12. The summed E-state index contributed by atoms with van der Waals surface area (Å²) in [5, 5.41) is 14.3. The lowest BCUT2D eigenvalue weighted by atomic mass is 10.1. The number of rotatable bonds is 7. The second-order valence-corrected chi connectivity index (χ2v) is 7.53. The Morgan fingerprint density at radius 1 is 0.871 bits per heavy atom. The van der Waals surface area contributed by atoms with Gasteiger partial charge < -0.3 is 15.0 Å². The van der Waals surface area contributed by atoms with Gasteiger partial charge in [0.25, 0.3) is 0 Å². The number of hydrogen-bond donors (Lipinski definition) is 2. The van der Waals surface area contributed by atoms with Crippen molar-refractivity contribution in [3.63, 3.8) is 0 Å². The maximum atomic E-state index is 13.0. The van der Waals surface area contributed by atoms with Crippen LogP contribution in [0.15, 0.2) is 85.1 Å². The molecule has 6 heteroatoms. The third kappa shape index (κ3) is 4.81. The first-order valence-corrected chi connectivity index (χ1v) is 10.1. The number of halogens is 3. The maximum Gasteiger partial charge on any atom is 0.416 e. The third-order valence-corrected chi connectivity index (χ3v) is 5.38. The zero-order chi connectivity index (χ0) is 21.8. The molecule has 0 aliphatic carbocycles. The zero-order valence-corrected chi connectivity index (χ0v) is 16.8. The molecule has 1 atom stereocenters. The molecule has 4 aromatic rings. The summed E-state index contributed by atoms with van der Waals surface area (Å²) in [6, 6.07) is 22.9. The monoisotopic (exact) mass is 424 g/mol. The molecule has 3 aromatic carbocycles. The van der Waals surface area contributed by atoms with E-state index in [9.17, 15) is 18.3 Å². The fourth-order valence-corrected chi connectivity index (χ4v) is 3.84. The van der Waals surface area contributed by atoms with Crippen molar-refractivity contribution in [1.82, 2.24) is 9.88 Å². The molecule has 0 spiro atoms. The maximum absolute atomic E-state index is 13.0. The minimum Gasteiger partial charge on any atom is -0.394 e. The first kappa shape index (κ1) is 21.2. The Kier molecular flexibility index (Phi) is 6.11. The molecule has 1 unspecified atom stereocenters. The molecule has 0 aliphatic heterocycles. The molecule has 160 valence electrons. The van der Waals surface area contributed by atoms with Crippen LogP contribution in [0.25, 0.3) is 10.9 Å². The highest BCUT2D eigenvalue weighted by atomic mass is 19.4. The molecule has 1 aromatic heterocycles. The fraction of sp³-hybridized carbons (Fsp3) is 0.200. The minimum atomic E-state index is -4.38. The van der Waals surface area contributed by atoms with Crippen LogP contribution >= 0.6 is 0 Å². The van der Waals surface area contributed by atoms with Gasteiger partial charge in [0.2, 0.25) is 0 Å². The van der Waals surface area contributed by atoms with Crippen molar-refractivity contribution in [3.05, 3.63) is 107 Å². The molecule has 1 heterocycles. The van der Waals surface area contributed by atoms with E-state index in [0.717, 1.165) is 34.2 Å². The number of nitrogens with one attached hydrogen (secondary N) is 1. The van der Waals surface area contributed by atoms with Crippen molar-refractivity contribution in [2.75, 3.05) is 6.61 Å². The lowest BCUT2D eigenvalue weighted by molar-refractivity contribution is -0.137. The molecule has 4 rings (SSSR count). The van der Waals surface area contributed by atoms with Crippen molar-refractivity contribution in [1.29, 1.82) is 0 Å². The van der Waals surface area contributed by atoms with E-state index in [4.69, 9.17) is 0 Å². The molecule has 31 heavy (non-hydrogen) atoms. The van der Waals surface area contributed by atoms with E-state index in [1.807, 2.05) is 48.7 Å². The number of para-hydroxylation sites is 1. The normalized spacial score (nSPS) is 12.9. The highest BCUT2D eigenvalue weighted by molar-refractivity contribution is 5.84. The molecule has 0 bridgehead atoms. The molecule has 0 fully saturated rings. The smallest absolute Gasteiger partial charge is 0.394 e. The molecule has 0 saturated heterocycles. The van der Waals surface area contributed by atoms with E-state index < -0.39 is 17.8 Å². The third-order valence-electron chi connectivity index (χ3n) is 5.38. The molecular weight excluding hydrogens is 401 g/mol. The van der Waals surface area contributed by atoms with Gasteiger partial charge in [-0.3, -0.25) is 0 Å². The number of aromatic nitrogens is 1. The van der Waals surface area contributed by atoms with Gasteiger partial charge in [-0.25, -0.2) is 0 Å². The summed E-state index contributed by atoms with van der Waals surface area (Å²) in [5.74, 6) is 0. The number of aliphatic hydroxyl groups is 1. The Morgan fingerprint density at radius 3 is 2.32 bits per heavy atom. The van der Waals surface area contributed by atoms with Gasteiger partial charge >= 0.3 is 6.18 Å². The first-order valence-electron chi connectivity index (χ1n) is 10.1. The van der Waals surface area contributed by atoms with Gasteiger partial charge in [-0.15, -0.1) is 0 Å². The number of alkyl halides is 3. The predicted molar refractivity (Wildman–Crippen MR) is 116 cm³/mol. The summed E-state index contributed by atoms with van der Waals surface area (Å²) in [6.07, 6.45) is -2.37. The molecule has 0 amide bonds. The van der Waals surface area contributed by atoms with Crippen LogP contribution in [0.1, 0.15) is 28.3 Å². The highest BCUT2D eigenvalue weighted by Crippen LogP contribution is 2.30. The average Bonchev–Trinajstić information content (AvgIpc) is 3.13. The van der Waals surface area contributed by atoms with Crippen LogP contribution in [0.2, 0.25) is 0 Å². The van der Waals surface area contributed by atoms with Crippen molar-refractivity contribution < 1.29 is 18.3 Å². The van der Waals surface area contributed by atoms with Crippen LogP contribution in [0.5, 0.6) is 0 Å². The summed E-state index contributed by atoms with van der Waals surface area (Å²) < 4.78 is 41.1. The summed E-state index contributed by atoms with van der Waals surface area (Å²) in [4.78, 5) is 0. The number of aliphatic hydroxyl groups excluding tert-OH is 1. The molecule has 3 nitrogen and oxygen atoms in total. The van der Waals surface area contributed by atoms with E-state index in [0.29, 0.717) is 12.1 Å². The lowest BCUT2D eigenvalue weighted by Gasteiger charge is -2.17. The largest absolute Gasteiger partial charge is 0.416 e. The van der Waals surface area contributed by atoms with Gasteiger partial charge in [-0.05, 0) is 28.8 Å². The highest BCUT2D eigenvalue weighted by Gasteiger charge is 2.30. The Balaban J connectivity index is 1.59. The van der Waals surface area contributed by atoms with Crippen LogP contribution in [-0.4, -0.2) is 16.3 Å². The van der Waals surface area contributed by atoms with Crippen LogP contribution in [0.4, 0.5) is 13.2 Å². The number of benzene rings is 3. The molecule has 0 aliphatic rings. The van der Waals surface area contributed by atoms with E-state index in [2.05, 4.69) is 22.0 Å². The van der Waals surface area contributed by atoms with Crippen molar-refractivity contribution in [2.45, 2.75) is 25.3 Å². The predicted octanol–water partition coefficient (Wildman–Crippen LogP) is 5.53. The topological polar surface area (TPSA) is 37.2 Å². The van der Waals surface area contributed by atoms with Gasteiger partial charge in [-0.1, -0.05) is 66.7 Å². The Bertz CT molecular complexity index is 1150. The second kappa shape index (κ2) is 8.96. The Morgan fingerprint density at radius 2 is 1.58 bits per heavy atom. The fourth-order valence-electron chi connectivity index (χ4n) is 3.84. The number of nitrogens with zero attached hydrogens (tertiary/aromatic N) is 1. The van der Waals surface area contributed by atoms with Gasteiger partial charge in [0.05, 0.1) is 18.2 Å². The van der Waals surface area contributed by atoms with E-state index in [-0.39, 0.29) is 13.2 Å². The quantitative estimate of drug-likeness (QED) is 0.409. The molecule has 2 N–H and O–H groups in total. The van der Waals surface area contributed by atoms with Crippen molar-refractivity contribution in [2.24, 2.45) is 0 Å². The van der Waals surface area contributed by atoms with Gasteiger partial charge in [0.1, 0.15) is 0 Å². The van der Waals surface area contributed by atoms with Crippen LogP contribution < -0.4 is 5.32 Å². The molecule has 0 saturated carbocycles. The van der Waals surface area contributed by atoms with Crippen LogP contribution in [0.3, 0.4) is 0 Å². The van der Waals surface area contributed by atoms with Crippen LogP contribution in [-0.2, 0) is 19.3 Å². The van der Waals surface area contributed by atoms with Gasteiger partial charge in [0, 0.05) is 30.2 Å².